The van der Waals surface area contributed by atoms with Crippen LogP contribution in [0.1, 0.15) is 38.0 Å². The largest absolute Gasteiger partial charge is 0.510 e. The quantitative estimate of drug-likeness (QED) is 0.198. The van der Waals surface area contributed by atoms with Gasteiger partial charge in [0.25, 0.3) is 0 Å². The maximum absolute atomic E-state index is 10.9. The van der Waals surface area contributed by atoms with E-state index in [9.17, 15) is 29.7 Å². The Kier molecular flexibility index (Phi) is 11.4. The lowest BCUT2D eigenvalue weighted by molar-refractivity contribution is 0.112. The summed E-state index contributed by atoms with van der Waals surface area (Å²) >= 11 is 11.5. The van der Waals surface area contributed by atoms with E-state index < -0.39 is 9.53 Å². The molecule has 28 heavy (non-hydrogen) atoms. The predicted molar refractivity (Wildman–Crippen MR) is 157 cm³/mol. The third-order valence-corrected chi connectivity index (χ3v) is 10.3. The normalized spacial score (nSPS) is 21.8. The summed E-state index contributed by atoms with van der Waals surface area (Å²) < 4.78 is 1.91. The number of allylic oxidation sites excluding steroid dienone is 1. The number of alkyl halides is 1. The summed E-state index contributed by atoms with van der Waals surface area (Å²) in [7, 11) is 0. The zero-order valence-corrected chi connectivity index (χ0v) is 26.6. The third kappa shape index (κ3) is 5.52. The molecule has 3 N–H and O–H groups in total. The van der Waals surface area contributed by atoms with Crippen molar-refractivity contribution in [2.45, 2.75) is 16.4 Å². The third-order valence-electron chi connectivity index (χ3n) is 3.63. The molecule has 2 rings (SSSR count). The van der Waals surface area contributed by atoms with Gasteiger partial charge in [-0.25, -0.2) is 0 Å². The zero-order chi connectivity index (χ0) is 22.0. The van der Waals surface area contributed by atoms with Gasteiger partial charge in [-0.05, 0) is 120 Å². The minimum Gasteiger partial charge on any atom is -0.510 e. The van der Waals surface area contributed by atoms with E-state index in [0.717, 1.165) is 0 Å². The molecule has 0 heterocycles. The van der Waals surface area contributed by atoms with Gasteiger partial charge in [0, 0.05) is 27.4 Å². The highest BCUT2D eigenvalue weighted by molar-refractivity contribution is 14.1. The fourth-order valence-electron chi connectivity index (χ4n) is 1.96. The molecule has 0 bridgehead atoms. The van der Waals surface area contributed by atoms with Crippen LogP contribution < -0.4 is 0 Å². The van der Waals surface area contributed by atoms with E-state index in [1.165, 1.54) is 0 Å². The minimum absolute atomic E-state index is 0.0270. The number of hydrogen-bond acceptors (Lipinski definition) is 6. The second-order valence-corrected chi connectivity index (χ2v) is 13.1. The minimum atomic E-state index is -0.854. The van der Waals surface area contributed by atoms with Crippen LogP contribution in [0.15, 0.2) is 18.7 Å². The van der Waals surface area contributed by atoms with Gasteiger partial charge in [-0.3, -0.25) is 14.4 Å². The lowest BCUT2D eigenvalue weighted by atomic mass is 9.97. The Morgan fingerprint density at radius 1 is 0.821 bits per heavy atom. The van der Waals surface area contributed by atoms with Crippen molar-refractivity contribution >= 4 is 154 Å². The van der Waals surface area contributed by atoms with E-state index >= 15 is 0 Å². The summed E-state index contributed by atoms with van der Waals surface area (Å²) in [5, 5.41) is 28.9. The summed E-state index contributed by atoms with van der Waals surface area (Å²) in [5.41, 5.74) is 1.21. The average Bonchev–Trinajstić information content (AvgIpc) is 2.65. The predicted octanol–water partition coefficient (Wildman–Crippen LogP) is 5.90. The fourth-order valence-corrected chi connectivity index (χ4v) is 9.84. The van der Waals surface area contributed by atoms with Gasteiger partial charge in [0.1, 0.15) is 21.0 Å². The lowest BCUT2D eigenvalue weighted by Gasteiger charge is -2.32. The number of benzene rings is 1. The molecule has 152 valence electrons. The Bertz CT molecular complexity index is 818. The summed E-state index contributed by atoms with van der Waals surface area (Å²) in [4.78, 5) is 32.6. The van der Waals surface area contributed by atoms with Crippen molar-refractivity contribution in [2.75, 3.05) is 0 Å². The number of aliphatic hydroxyl groups excluding tert-OH is 3. The first kappa shape index (κ1) is 27.7. The smallest absolute Gasteiger partial charge is 0.152 e. The summed E-state index contributed by atoms with van der Waals surface area (Å²) in [6.07, 6.45) is 1.14. The van der Waals surface area contributed by atoms with Crippen molar-refractivity contribution in [3.05, 3.63) is 46.1 Å². The van der Waals surface area contributed by atoms with E-state index in [-0.39, 0.29) is 11.5 Å². The molecule has 12 heteroatoms. The number of hydrogen-bond donors (Lipinski definition) is 3. The lowest BCUT2D eigenvalue weighted by Crippen LogP contribution is -2.39. The van der Waals surface area contributed by atoms with Crippen molar-refractivity contribution in [2.24, 2.45) is 0 Å². The maximum atomic E-state index is 10.9. The highest BCUT2D eigenvalue weighted by atomic mass is 127. The van der Waals surface area contributed by atoms with Crippen LogP contribution in [0.25, 0.3) is 0 Å². The van der Waals surface area contributed by atoms with Gasteiger partial charge in [-0.15, -0.1) is 0 Å². The van der Waals surface area contributed by atoms with Gasteiger partial charge >= 0.3 is 0 Å². The Hall–Kier alpha value is 1.65. The topological polar surface area (TPSA) is 112 Å². The molecule has 0 radical (unpaired) electrons. The van der Waals surface area contributed by atoms with Crippen molar-refractivity contribution in [3.63, 3.8) is 0 Å². The van der Waals surface area contributed by atoms with Gasteiger partial charge in [-0.1, -0.05) is 22.6 Å². The van der Waals surface area contributed by atoms with Gasteiger partial charge < -0.3 is 15.3 Å². The van der Waals surface area contributed by atoms with Crippen LogP contribution in [0.3, 0.4) is 0 Å². The Labute approximate surface area is 242 Å². The van der Waals surface area contributed by atoms with Crippen LogP contribution in [0, 0.1) is 10.7 Å². The number of rotatable bonds is 3. The van der Waals surface area contributed by atoms with E-state index in [1.807, 2.05) is 136 Å². The number of halogens is 6. The number of carbonyl (C=O) groups is 3. The molecule has 0 saturated heterocycles. The molecule has 0 aliphatic heterocycles. The van der Waals surface area contributed by atoms with Gasteiger partial charge in [0.2, 0.25) is 0 Å². The molecule has 2 atom stereocenters. The van der Waals surface area contributed by atoms with Crippen molar-refractivity contribution in [1.29, 1.82) is 0 Å². The highest BCUT2D eigenvalue weighted by Crippen LogP contribution is 2.45. The highest BCUT2D eigenvalue weighted by Gasteiger charge is 2.43. The van der Waals surface area contributed by atoms with Crippen LogP contribution in [-0.2, 0) is 0 Å². The Balaban J connectivity index is 0.000000283. The summed E-state index contributed by atoms with van der Waals surface area (Å²) in [6.45, 7) is 1.72. The second-order valence-electron chi connectivity index (χ2n) is 5.37. The molecular weight excluding hydrogens is 1050 g/mol. The standard InChI is InChI=1S/C9H3I3O3.C7H7I3O3/c10-7-4(1-13)8(11)6(3-15)9(12)5(7)2-14;1-7(10)5(12)2(8)4(11)3(9)6(7)13/h1-3H;5,11-13H,1H3. The summed E-state index contributed by atoms with van der Waals surface area (Å²) in [6, 6.07) is 0. The molecule has 2 unspecified atom stereocenters. The monoisotopic (exact) mass is 1060 g/mol. The average molecular weight is 1060 g/mol. The molecule has 0 spiro atoms. The van der Waals surface area contributed by atoms with E-state index in [2.05, 4.69) is 0 Å². The molecule has 1 aliphatic rings. The molecule has 0 fully saturated rings. The maximum Gasteiger partial charge on any atom is 0.152 e. The first-order valence-corrected chi connectivity index (χ1v) is 13.5. The van der Waals surface area contributed by atoms with Crippen molar-refractivity contribution in [1.82, 2.24) is 0 Å². The molecule has 0 saturated carbocycles. The fraction of sp³-hybridized carbons (Fsp3) is 0.188. The van der Waals surface area contributed by atoms with Crippen molar-refractivity contribution < 1.29 is 29.7 Å². The second kappa shape index (κ2) is 11.5. The first-order chi connectivity index (χ1) is 12.9. The van der Waals surface area contributed by atoms with Crippen LogP contribution >= 0.6 is 136 Å². The molecule has 6 nitrogen and oxygen atoms in total. The summed E-state index contributed by atoms with van der Waals surface area (Å²) in [5.74, 6) is -0.000503. The Morgan fingerprint density at radius 2 is 1.14 bits per heavy atom. The molecule has 1 aromatic rings. The van der Waals surface area contributed by atoms with E-state index in [4.69, 9.17) is 0 Å². The van der Waals surface area contributed by atoms with E-state index in [0.29, 0.717) is 53.4 Å². The zero-order valence-electron chi connectivity index (χ0n) is 13.6. The number of aldehydes is 3. The van der Waals surface area contributed by atoms with Crippen LogP contribution in [0.4, 0.5) is 0 Å². The molecule has 1 aromatic carbocycles. The molecule has 0 amide bonds. The molecule has 1 aliphatic carbocycles. The van der Waals surface area contributed by atoms with Crippen LogP contribution in [0.5, 0.6) is 0 Å². The van der Waals surface area contributed by atoms with Crippen LogP contribution in [-0.4, -0.2) is 43.7 Å². The van der Waals surface area contributed by atoms with E-state index in [1.54, 1.807) is 6.92 Å². The number of aliphatic hydroxyl groups is 3. The van der Waals surface area contributed by atoms with Crippen LogP contribution in [0.2, 0.25) is 0 Å². The van der Waals surface area contributed by atoms with Crippen molar-refractivity contribution in [3.8, 4) is 0 Å². The molecular formula is C16H10I6O6. The van der Waals surface area contributed by atoms with Gasteiger partial charge in [0.15, 0.2) is 18.9 Å². The SMILES string of the molecule is CC1(I)C(O)=C(I)C(O)=C(I)C1O.O=Cc1c(I)c(C=O)c(I)c(C=O)c1I. The van der Waals surface area contributed by atoms with Gasteiger partial charge in [-0.2, -0.15) is 0 Å². The molecule has 0 aromatic heterocycles. The number of carbonyl (C=O) groups excluding carboxylic acids is 3. The Morgan fingerprint density at radius 3 is 1.43 bits per heavy atom. The van der Waals surface area contributed by atoms with Gasteiger partial charge in [0.05, 0.1) is 7.16 Å². The first-order valence-electron chi connectivity index (χ1n) is 6.99.